The van der Waals surface area contributed by atoms with E-state index >= 15 is 0 Å². The molecule has 1 aliphatic heterocycles. The summed E-state index contributed by atoms with van der Waals surface area (Å²) in [6.45, 7) is 1.62. The van der Waals surface area contributed by atoms with Crippen LogP contribution in [-0.4, -0.2) is 34.1 Å². The fourth-order valence-electron chi connectivity index (χ4n) is 3.09. The third kappa shape index (κ3) is 2.41. The summed E-state index contributed by atoms with van der Waals surface area (Å²) in [6.07, 6.45) is 4.78. The van der Waals surface area contributed by atoms with Gasteiger partial charge in [-0.05, 0) is 36.5 Å². The smallest absolute Gasteiger partial charge is 0.264 e. The maximum atomic E-state index is 12.7. The molecule has 1 amide bonds. The van der Waals surface area contributed by atoms with Crippen molar-refractivity contribution in [3.05, 3.63) is 52.5 Å². The number of aryl methyl sites for hydroxylation is 1. The highest BCUT2D eigenvalue weighted by molar-refractivity contribution is 7.20. The van der Waals surface area contributed by atoms with E-state index in [1.807, 2.05) is 11.0 Å². The monoisotopic (exact) mass is 311 g/mol. The highest BCUT2D eigenvalue weighted by atomic mass is 32.1. The van der Waals surface area contributed by atoms with E-state index < -0.39 is 0 Å². The summed E-state index contributed by atoms with van der Waals surface area (Å²) >= 11 is 1.49. The topological polar surface area (TPSA) is 49.0 Å². The molecular weight excluding hydrogens is 294 g/mol. The number of H-pyrrole nitrogens is 1. The van der Waals surface area contributed by atoms with Gasteiger partial charge in [0.15, 0.2) is 0 Å². The highest BCUT2D eigenvalue weighted by Gasteiger charge is 2.20. The van der Waals surface area contributed by atoms with Gasteiger partial charge in [-0.15, -0.1) is 11.3 Å². The largest absolute Gasteiger partial charge is 0.338 e. The second-order valence-electron chi connectivity index (χ2n) is 5.68. The number of nitrogens with zero attached hydrogens (tertiary/aromatic N) is 2. The average molecular weight is 311 g/mol. The molecule has 112 valence electrons. The Bertz CT molecular complexity index is 792. The maximum absolute atomic E-state index is 12.7. The second-order valence-corrected chi connectivity index (χ2v) is 6.73. The predicted octanol–water partition coefficient (Wildman–Crippen LogP) is 3.26. The molecule has 1 aliphatic rings. The lowest BCUT2D eigenvalue weighted by Crippen LogP contribution is -2.34. The molecular formula is C17H17N3OS. The summed E-state index contributed by atoms with van der Waals surface area (Å²) in [5.41, 5.74) is 2.81. The third-order valence-corrected chi connectivity index (χ3v) is 5.32. The van der Waals surface area contributed by atoms with Crippen LogP contribution in [0, 0.1) is 0 Å². The van der Waals surface area contributed by atoms with Gasteiger partial charge in [-0.2, -0.15) is 5.10 Å². The number of fused-ring (bicyclic) bond motifs is 2. The number of nitrogens with one attached hydrogen (secondary N) is 1. The molecule has 4 rings (SSSR count). The van der Waals surface area contributed by atoms with Gasteiger partial charge in [0.1, 0.15) is 4.83 Å². The fourth-order valence-corrected chi connectivity index (χ4v) is 4.04. The molecule has 0 radical (unpaired) electrons. The first-order chi connectivity index (χ1) is 10.8. The van der Waals surface area contributed by atoms with E-state index in [0.29, 0.717) is 0 Å². The van der Waals surface area contributed by atoms with E-state index in [1.165, 1.54) is 22.5 Å². The second kappa shape index (κ2) is 5.57. The molecule has 1 aromatic carbocycles. The first kappa shape index (κ1) is 13.5. The van der Waals surface area contributed by atoms with Crippen molar-refractivity contribution < 1.29 is 4.79 Å². The Morgan fingerprint density at radius 1 is 1.18 bits per heavy atom. The van der Waals surface area contributed by atoms with Gasteiger partial charge in [0.2, 0.25) is 0 Å². The minimum atomic E-state index is 0.147. The van der Waals surface area contributed by atoms with E-state index in [1.54, 1.807) is 6.20 Å². The molecule has 5 heteroatoms. The van der Waals surface area contributed by atoms with Crippen molar-refractivity contribution in [2.45, 2.75) is 19.3 Å². The van der Waals surface area contributed by atoms with Crippen molar-refractivity contribution in [3.63, 3.8) is 0 Å². The number of amides is 1. The van der Waals surface area contributed by atoms with Gasteiger partial charge in [-0.25, -0.2) is 0 Å². The number of aromatic nitrogens is 2. The van der Waals surface area contributed by atoms with Gasteiger partial charge < -0.3 is 4.90 Å². The highest BCUT2D eigenvalue weighted by Crippen LogP contribution is 2.25. The van der Waals surface area contributed by atoms with Crippen LogP contribution in [0.3, 0.4) is 0 Å². The molecule has 0 fully saturated rings. The van der Waals surface area contributed by atoms with E-state index in [0.717, 1.165) is 47.4 Å². The maximum Gasteiger partial charge on any atom is 0.264 e. The van der Waals surface area contributed by atoms with Crippen LogP contribution in [0.2, 0.25) is 0 Å². The van der Waals surface area contributed by atoms with Crippen molar-refractivity contribution >= 4 is 27.5 Å². The lowest BCUT2D eigenvalue weighted by Gasteiger charge is -2.25. The number of carbonyl (C=O) groups excluding carboxylic acids is 1. The molecule has 0 spiro atoms. The van der Waals surface area contributed by atoms with Crippen LogP contribution in [0.25, 0.3) is 10.2 Å². The SMILES string of the molecule is O=C(c1cc2cn[nH]c2s1)N1CCCc2ccccc2CC1. The quantitative estimate of drug-likeness (QED) is 0.750. The molecule has 22 heavy (non-hydrogen) atoms. The van der Waals surface area contributed by atoms with Crippen molar-refractivity contribution in [1.82, 2.24) is 15.1 Å². The number of hydrogen-bond acceptors (Lipinski definition) is 3. The molecule has 0 saturated carbocycles. The molecule has 2 aromatic heterocycles. The lowest BCUT2D eigenvalue weighted by molar-refractivity contribution is 0.0758. The minimum absolute atomic E-state index is 0.147. The van der Waals surface area contributed by atoms with E-state index in [9.17, 15) is 4.79 Å². The molecule has 4 nitrogen and oxygen atoms in total. The van der Waals surface area contributed by atoms with Crippen LogP contribution in [0.15, 0.2) is 36.5 Å². The number of hydrogen-bond donors (Lipinski definition) is 1. The number of aromatic amines is 1. The van der Waals surface area contributed by atoms with Crippen molar-refractivity contribution in [1.29, 1.82) is 0 Å². The summed E-state index contributed by atoms with van der Waals surface area (Å²) in [5.74, 6) is 0.147. The summed E-state index contributed by atoms with van der Waals surface area (Å²) in [6, 6.07) is 10.5. The predicted molar refractivity (Wildman–Crippen MR) is 88.3 cm³/mol. The lowest BCUT2D eigenvalue weighted by atomic mass is 9.98. The first-order valence-corrected chi connectivity index (χ1v) is 8.42. The van der Waals surface area contributed by atoms with Crippen LogP contribution in [0.5, 0.6) is 0 Å². The Hall–Kier alpha value is -2.14. The first-order valence-electron chi connectivity index (χ1n) is 7.60. The van der Waals surface area contributed by atoms with Crippen molar-refractivity contribution in [2.75, 3.05) is 13.1 Å². The van der Waals surface area contributed by atoms with Crippen molar-refractivity contribution in [2.24, 2.45) is 0 Å². The molecule has 0 saturated heterocycles. The summed E-state index contributed by atoms with van der Waals surface area (Å²) in [4.78, 5) is 16.5. The molecule has 0 bridgehead atoms. The summed E-state index contributed by atoms with van der Waals surface area (Å²) in [5, 5.41) is 7.94. The zero-order valence-electron chi connectivity index (χ0n) is 12.2. The normalized spacial score (nSPS) is 15.4. The van der Waals surface area contributed by atoms with Crippen LogP contribution < -0.4 is 0 Å². The Balaban J connectivity index is 1.55. The zero-order chi connectivity index (χ0) is 14.9. The van der Waals surface area contributed by atoms with Crippen LogP contribution >= 0.6 is 11.3 Å². The summed E-state index contributed by atoms with van der Waals surface area (Å²) < 4.78 is 0. The number of carbonyl (C=O) groups is 1. The van der Waals surface area contributed by atoms with Gasteiger partial charge in [0.05, 0.1) is 11.1 Å². The Morgan fingerprint density at radius 3 is 2.82 bits per heavy atom. The van der Waals surface area contributed by atoms with Gasteiger partial charge in [-0.3, -0.25) is 9.89 Å². The number of rotatable bonds is 1. The standard InChI is InChI=1S/C17H17N3OS/c21-17(15-10-14-11-18-19-16(14)22-15)20-8-3-6-12-4-1-2-5-13(12)7-9-20/h1-2,4-5,10-11H,3,6-9H2,(H,18,19). The third-order valence-electron chi connectivity index (χ3n) is 4.27. The van der Waals surface area contributed by atoms with Crippen LogP contribution in [0.1, 0.15) is 27.2 Å². The van der Waals surface area contributed by atoms with Crippen LogP contribution in [-0.2, 0) is 12.8 Å². The number of thiophene rings is 1. The number of benzene rings is 1. The Labute approximate surface area is 132 Å². The summed E-state index contributed by atoms with van der Waals surface area (Å²) in [7, 11) is 0. The van der Waals surface area contributed by atoms with Gasteiger partial charge in [0.25, 0.3) is 5.91 Å². The van der Waals surface area contributed by atoms with Gasteiger partial charge in [0, 0.05) is 18.5 Å². The molecule has 0 aliphatic carbocycles. The molecule has 1 N–H and O–H groups in total. The van der Waals surface area contributed by atoms with Crippen LogP contribution in [0.4, 0.5) is 0 Å². The van der Waals surface area contributed by atoms with Crippen molar-refractivity contribution in [3.8, 4) is 0 Å². The van der Waals surface area contributed by atoms with Gasteiger partial charge >= 0.3 is 0 Å². The Kier molecular flexibility index (Phi) is 3.42. The minimum Gasteiger partial charge on any atom is -0.338 e. The molecule has 0 atom stereocenters. The van der Waals surface area contributed by atoms with Gasteiger partial charge in [-0.1, -0.05) is 24.3 Å². The van der Waals surface area contributed by atoms with E-state index in [2.05, 4.69) is 34.5 Å². The zero-order valence-corrected chi connectivity index (χ0v) is 13.0. The fraction of sp³-hybridized carbons (Fsp3) is 0.294. The Morgan fingerprint density at radius 2 is 2.00 bits per heavy atom. The molecule has 0 unspecified atom stereocenters. The molecule has 3 heterocycles. The average Bonchev–Trinajstić information content (AvgIpc) is 3.09. The van der Waals surface area contributed by atoms with E-state index in [-0.39, 0.29) is 5.91 Å². The van der Waals surface area contributed by atoms with E-state index in [4.69, 9.17) is 0 Å². The molecule has 3 aromatic rings.